The molecule has 1 heterocycles. The van der Waals surface area contributed by atoms with Crippen LogP contribution >= 0.6 is 0 Å². The largest absolute Gasteiger partial charge is 0.307 e. The zero-order chi connectivity index (χ0) is 17.0. The highest BCUT2D eigenvalue weighted by Gasteiger charge is 2.11. The van der Waals surface area contributed by atoms with Crippen molar-refractivity contribution in [2.75, 3.05) is 0 Å². The number of hydrogen-bond acceptors (Lipinski definition) is 2. The minimum atomic E-state index is -0.196. The van der Waals surface area contributed by atoms with Crippen LogP contribution in [-0.4, -0.2) is 4.57 Å². The molecule has 0 saturated carbocycles. The molecule has 120 valence electrons. The quantitative estimate of drug-likeness (QED) is 0.813. The summed E-state index contributed by atoms with van der Waals surface area (Å²) in [6.07, 6.45) is 0.909. The molecule has 1 aromatic heterocycles. The van der Waals surface area contributed by atoms with E-state index < -0.39 is 0 Å². The van der Waals surface area contributed by atoms with Crippen LogP contribution in [0.25, 0.3) is 11.3 Å². The predicted octanol–water partition coefficient (Wildman–Crippen LogP) is 4.56. The third-order valence-corrected chi connectivity index (χ3v) is 4.10. The number of aromatic nitrogens is 1. The predicted molar refractivity (Wildman–Crippen MR) is 94.4 cm³/mol. The van der Waals surface area contributed by atoms with Crippen molar-refractivity contribution in [3.05, 3.63) is 57.9 Å². The van der Waals surface area contributed by atoms with Gasteiger partial charge in [-0.05, 0) is 41.5 Å². The van der Waals surface area contributed by atoms with Crippen molar-refractivity contribution >= 4 is 0 Å². The normalized spacial score (nSPS) is 11.0. The Morgan fingerprint density at radius 1 is 1.04 bits per heavy atom. The third kappa shape index (κ3) is 3.90. The molecule has 2 rings (SSSR count). The lowest BCUT2D eigenvalue weighted by Gasteiger charge is -2.15. The van der Waals surface area contributed by atoms with Crippen molar-refractivity contribution < 1.29 is 0 Å². The number of nitrogens with zero attached hydrogens (tertiary/aromatic N) is 2. The molecule has 0 aliphatic rings. The van der Waals surface area contributed by atoms with Crippen LogP contribution < -0.4 is 5.56 Å². The molecule has 3 nitrogen and oxygen atoms in total. The van der Waals surface area contributed by atoms with Gasteiger partial charge in [0.15, 0.2) is 0 Å². The molecule has 0 aliphatic carbocycles. The lowest BCUT2D eigenvalue weighted by atomic mass is 10.00. The van der Waals surface area contributed by atoms with Crippen molar-refractivity contribution in [1.29, 1.82) is 5.26 Å². The first-order valence-electron chi connectivity index (χ1n) is 8.18. The number of hydrogen-bond donors (Lipinski definition) is 0. The fraction of sp³-hybridized carbons (Fsp3) is 0.400. The van der Waals surface area contributed by atoms with Crippen LogP contribution in [0.4, 0.5) is 0 Å². The van der Waals surface area contributed by atoms with E-state index in [1.807, 2.05) is 12.1 Å². The van der Waals surface area contributed by atoms with E-state index in [9.17, 15) is 4.79 Å². The van der Waals surface area contributed by atoms with Crippen molar-refractivity contribution in [3.8, 4) is 17.3 Å². The summed E-state index contributed by atoms with van der Waals surface area (Å²) in [6.45, 7) is 9.23. The van der Waals surface area contributed by atoms with Crippen LogP contribution in [0.1, 0.15) is 51.2 Å². The Morgan fingerprint density at radius 2 is 1.70 bits per heavy atom. The lowest BCUT2D eigenvalue weighted by Crippen LogP contribution is -2.24. The highest BCUT2D eigenvalue weighted by atomic mass is 16.1. The van der Waals surface area contributed by atoms with E-state index in [1.54, 1.807) is 10.6 Å². The Labute approximate surface area is 138 Å². The fourth-order valence-corrected chi connectivity index (χ4v) is 2.56. The number of benzene rings is 1. The molecule has 2 aromatic rings. The molecule has 0 unspecified atom stereocenters. The molecule has 0 radical (unpaired) electrons. The fourth-order valence-electron chi connectivity index (χ4n) is 2.56. The SMILES string of the molecule is CC(C)CCn1c(-c2ccc(C(C)C)cc2)ccc(C#N)c1=O. The van der Waals surface area contributed by atoms with Gasteiger partial charge in [-0.25, -0.2) is 0 Å². The number of nitriles is 1. The van der Waals surface area contributed by atoms with E-state index in [0.29, 0.717) is 18.4 Å². The van der Waals surface area contributed by atoms with Gasteiger partial charge >= 0.3 is 0 Å². The summed E-state index contributed by atoms with van der Waals surface area (Å²) in [6, 6.07) is 13.8. The summed E-state index contributed by atoms with van der Waals surface area (Å²) >= 11 is 0. The molecule has 0 N–H and O–H groups in total. The topological polar surface area (TPSA) is 45.8 Å². The zero-order valence-corrected chi connectivity index (χ0v) is 14.3. The molecule has 0 bridgehead atoms. The van der Waals surface area contributed by atoms with E-state index in [1.165, 1.54) is 5.56 Å². The van der Waals surface area contributed by atoms with Gasteiger partial charge in [0.25, 0.3) is 5.56 Å². The molecule has 3 heteroatoms. The average molecular weight is 308 g/mol. The molecule has 0 amide bonds. The highest BCUT2D eigenvalue weighted by molar-refractivity contribution is 5.61. The van der Waals surface area contributed by atoms with Crippen LogP contribution in [0.15, 0.2) is 41.2 Å². The van der Waals surface area contributed by atoms with Gasteiger partial charge in [0.2, 0.25) is 0 Å². The van der Waals surface area contributed by atoms with Gasteiger partial charge in [0.1, 0.15) is 11.6 Å². The lowest BCUT2D eigenvalue weighted by molar-refractivity contribution is 0.510. The van der Waals surface area contributed by atoms with Gasteiger partial charge < -0.3 is 4.57 Å². The Bertz CT molecular complexity index is 762. The molecule has 0 saturated heterocycles. The van der Waals surface area contributed by atoms with Crippen LogP contribution in [0.3, 0.4) is 0 Å². The van der Waals surface area contributed by atoms with Crippen molar-refractivity contribution in [1.82, 2.24) is 4.57 Å². The summed E-state index contributed by atoms with van der Waals surface area (Å²) < 4.78 is 1.74. The summed E-state index contributed by atoms with van der Waals surface area (Å²) in [5, 5.41) is 9.12. The summed E-state index contributed by atoms with van der Waals surface area (Å²) in [5.41, 5.74) is 3.18. The molecule has 23 heavy (non-hydrogen) atoms. The van der Waals surface area contributed by atoms with Gasteiger partial charge in [0.05, 0.1) is 5.69 Å². The average Bonchev–Trinajstić information content (AvgIpc) is 2.53. The Morgan fingerprint density at radius 3 is 2.22 bits per heavy atom. The first kappa shape index (κ1) is 17.0. The second-order valence-electron chi connectivity index (χ2n) is 6.66. The number of rotatable bonds is 5. The second kappa shape index (κ2) is 7.28. The van der Waals surface area contributed by atoms with Crippen molar-refractivity contribution in [2.24, 2.45) is 5.92 Å². The van der Waals surface area contributed by atoms with Gasteiger partial charge in [-0.1, -0.05) is 52.0 Å². The van der Waals surface area contributed by atoms with E-state index in [0.717, 1.165) is 17.7 Å². The minimum absolute atomic E-state index is 0.196. The molecule has 1 aromatic carbocycles. The maximum atomic E-state index is 12.5. The van der Waals surface area contributed by atoms with Gasteiger partial charge in [0, 0.05) is 6.54 Å². The molecule has 0 spiro atoms. The molecule has 0 atom stereocenters. The summed E-state index contributed by atoms with van der Waals surface area (Å²) in [5.74, 6) is 0.983. The van der Waals surface area contributed by atoms with E-state index in [4.69, 9.17) is 5.26 Å². The van der Waals surface area contributed by atoms with Gasteiger partial charge in [-0.15, -0.1) is 0 Å². The van der Waals surface area contributed by atoms with Gasteiger partial charge in [-0.3, -0.25) is 4.79 Å². The Hall–Kier alpha value is -2.34. The van der Waals surface area contributed by atoms with Crippen LogP contribution in [0.2, 0.25) is 0 Å². The Kier molecular flexibility index (Phi) is 5.39. The van der Waals surface area contributed by atoms with E-state index in [2.05, 4.69) is 52.0 Å². The maximum absolute atomic E-state index is 12.5. The van der Waals surface area contributed by atoms with Gasteiger partial charge in [-0.2, -0.15) is 5.26 Å². The summed E-state index contributed by atoms with van der Waals surface area (Å²) in [4.78, 5) is 12.5. The van der Waals surface area contributed by atoms with Crippen LogP contribution in [0.5, 0.6) is 0 Å². The second-order valence-corrected chi connectivity index (χ2v) is 6.66. The van der Waals surface area contributed by atoms with Crippen molar-refractivity contribution in [3.63, 3.8) is 0 Å². The first-order valence-corrected chi connectivity index (χ1v) is 8.18. The molecular formula is C20H24N2O. The molecule has 0 fully saturated rings. The van der Waals surface area contributed by atoms with Crippen LogP contribution in [0, 0.1) is 17.2 Å². The number of pyridine rings is 1. The van der Waals surface area contributed by atoms with Crippen molar-refractivity contribution in [2.45, 2.75) is 46.6 Å². The van der Waals surface area contributed by atoms with Crippen LogP contribution in [-0.2, 0) is 6.54 Å². The Balaban J connectivity index is 2.50. The standard InChI is InChI=1S/C20H24N2O/c1-14(2)11-12-22-19(10-9-18(13-21)20(22)23)17-7-5-16(6-8-17)15(3)4/h5-10,14-15H,11-12H2,1-4H3. The molecule has 0 aliphatic heterocycles. The maximum Gasteiger partial charge on any atom is 0.268 e. The van der Waals surface area contributed by atoms with E-state index >= 15 is 0 Å². The molecular weight excluding hydrogens is 284 g/mol. The van der Waals surface area contributed by atoms with E-state index in [-0.39, 0.29) is 11.1 Å². The zero-order valence-electron chi connectivity index (χ0n) is 14.3. The summed E-state index contributed by atoms with van der Waals surface area (Å²) in [7, 11) is 0. The first-order chi connectivity index (χ1) is 10.9. The minimum Gasteiger partial charge on any atom is -0.307 e. The third-order valence-electron chi connectivity index (χ3n) is 4.10. The smallest absolute Gasteiger partial charge is 0.268 e. The highest BCUT2D eigenvalue weighted by Crippen LogP contribution is 2.22. The monoisotopic (exact) mass is 308 g/mol.